The molecule has 5 N–H and O–H groups in total. The monoisotopic (exact) mass is 308 g/mol. The summed E-state index contributed by atoms with van der Waals surface area (Å²) in [5.74, 6) is -1.39. The summed E-state index contributed by atoms with van der Waals surface area (Å²) < 4.78 is 4.46. The van der Waals surface area contributed by atoms with E-state index in [1.807, 2.05) is 0 Å². The summed E-state index contributed by atoms with van der Waals surface area (Å²) in [6.45, 7) is 8.69. The SMILES string of the molecule is C=C(C)C(=O)O.C=C(C)C(=O)OCCO.OCC(O)CO. The number of aliphatic hydroxyl groups excluding tert-OH is 4. The Morgan fingerprint density at radius 2 is 1.43 bits per heavy atom. The molecule has 0 rings (SSSR count). The molecule has 0 radical (unpaired) electrons. The molecule has 0 saturated carbocycles. The third-order valence-corrected chi connectivity index (χ3v) is 1.46. The van der Waals surface area contributed by atoms with Crippen LogP contribution < -0.4 is 0 Å². The largest absolute Gasteiger partial charge is 0.478 e. The maximum absolute atomic E-state index is 10.5. The van der Waals surface area contributed by atoms with Crippen LogP contribution in [-0.4, -0.2) is 70.0 Å². The van der Waals surface area contributed by atoms with Gasteiger partial charge in [-0.2, -0.15) is 0 Å². The van der Waals surface area contributed by atoms with Crippen molar-refractivity contribution in [2.24, 2.45) is 0 Å². The van der Waals surface area contributed by atoms with Crippen molar-refractivity contribution < 1.29 is 39.9 Å². The minimum Gasteiger partial charge on any atom is -0.478 e. The first-order valence-corrected chi connectivity index (χ1v) is 5.86. The van der Waals surface area contributed by atoms with Crippen molar-refractivity contribution in [1.82, 2.24) is 0 Å². The second kappa shape index (κ2) is 16.3. The summed E-state index contributed by atoms with van der Waals surface area (Å²) in [4.78, 5) is 20.1. The van der Waals surface area contributed by atoms with E-state index in [4.69, 9.17) is 25.5 Å². The zero-order valence-corrected chi connectivity index (χ0v) is 12.3. The van der Waals surface area contributed by atoms with E-state index >= 15 is 0 Å². The fourth-order valence-electron chi connectivity index (χ4n) is 0.319. The molecule has 0 amide bonds. The number of carboxylic acids is 1. The molecule has 8 nitrogen and oxygen atoms in total. The maximum Gasteiger partial charge on any atom is 0.333 e. The standard InChI is InChI=1S/C6H10O3.C4H6O2.C3H8O3/c1-5(2)6(8)9-4-3-7;1-3(2)4(5)6;4-1-3(6)2-5/h7H,1,3-4H2,2H3;1H2,2H3,(H,5,6);3-6H,1-2H2. The third-order valence-electron chi connectivity index (χ3n) is 1.46. The number of aliphatic carboxylic acids is 1. The molecule has 0 fully saturated rings. The zero-order valence-electron chi connectivity index (χ0n) is 12.3. The van der Waals surface area contributed by atoms with Crippen LogP contribution in [0.1, 0.15) is 13.8 Å². The molecule has 21 heavy (non-hydrogen) atoms. The lowest BCUT2D eigenvalue weighted by atomic mass is 10.4. The van der Waals surface area contributed by atoms with E-state index in [0.717, 1.165) is 0 Å². The molecule has 0 bridgehead atoms. The summed E-state index contributed by atoms with van der Waals surface area (Å²) >= 11 is 0. The Kier molecular flexibility index (Phi) is 18.9. The Balaban J connectivity index is -0.000000240. The smallest absolute Gasteiger partial charge is 0.333 e. The van der Waals surface area contributed by atoms with Gasteiger partial charge < -0.3 is 30.3 Å². The second-order valence-corrected chi connectivity index (χ2v) is 3.74. The lowest BCUT2D eigenvalue weighted by Crippen LogP contribution is -2.15. The van der Waals surface area contributed by atoms with Gasteiger partial charge >= 0.3 is 11.9 Å². The zero-order chi connectivity index (χ0) is 17.4. The van der Waals surface area contributed by atoms with Crippen LogP contribution in [0.15, 0.2) is 24.3 Å². The molecular weight excluding hydrogens is 284 g/mol. The number of carbonyl (C=O) groups is 2. The fourth-order valence-corrected chi connectivity index (χ4v) is 0.319. The molecule has 0 unspecified atom stereocenters. The van der Waals surface area contributed by atoms with Gasteiger partial charge in [-0.15, -0.1) is 0 Å². The predicted octanol–water partition coefficient (Wildman–Crippen LogP) is -0.923. The Bertz CT molecular complexity index is 308. The molecule has 0 atom stereocenters. The van der Waals surface area contributed by atoms with Crippen molar-refractivity contribution in [1.29, 1.82) is 0 Å². The first kappa shape index (κ1) is 24.3. The third kappa shape index (κ3) is 23.7. The highest BCUT2D eigenvalue weighted by Crippen LogP contribution is 1.89. The predicted molar refractivity (Wildman–Crippen MR) is 75.5 cm³/mol. The molecule has 0 aliphatic rings. The van der Waals surface area contributed by atoms with Gasteiger partial charge in [0.05, 0.1) is 19.8 Å². The highest BCUT2D eigenvalue weighted by Gasteiger charge is 1.99. The Morgan fingerprint density at radius 3 is 1.57 bits per heavy atom. The summed E-state index contributed by atoms with van der Waals surface area (Å²) in [6.07, 6.45) is -0.954. The van der Waals surface area contributed by atoms with Crippen LogP contribution in [0.5, 0.6) is 0 Å². The Labute approximate surface area is 123 Å². The molecule has 0 saturated heterocycles. The summed E-state index contributed by atoms with van der Waals surface area (Å²) in [6, 6.07) is 0. The first-order chi connectivity index (χ1) is 9.63. The highest BCUT2D eigenvalue weighted by atomic mass is 16.5. The van der Waals surface area contributed by atoms with Gasteiger partial charge in [-0.25, -0.2) is 9.59 Å². The molecular formula is C13H24O8. The average molecular weight is 308 g/mol. The van der Waals surface area contributed by atoms with E-state index in [1.54, 1.807) is 6.92 Å². The van der Waals surface area contributed by atoms with Crippen LogP contribution in [0, 0.1) is 0 Å². The minimum atomic E-state index is -0.954. The Hall–Kier alpha value is -1.74. The quantitative estimate of drug-likeness (QED) is 0.313. The van der Waals surface area contributed by atoms with Crippen molar-refractivity contribution >= 4 is 11.9 Å². The van der Waals surface area contributed by atoms with E-state index in [-0.39, 0.29) is 32.0 Å². The van der Waals surface area contributed by atoms with Gasteiger partial charge in [-0.1, -0.05) is 13.2 Å². The molecule has 0 spiro atoms. The molecule has 0 heterocycles. The number of esters is 1. The van der Waals surface area contributed by atoms with Crippen molar-refractivity contribution in [3.05, 3.63) is 24.3 Å². The second-order valence-electron chi connectivity index (χ2n) is 3.74. The van der Waals surface area contributed by atoms with E-state index in [2.05, 4.69) is 17.9 Å². The number of ether oxygens (including phenoxy) is 1. The van der Waals surface area contributed by atoms with Crippen molar-refractivity contribution in [2.45, 2.75) is 20.0 Å². The average Bonchev–Trinajstić information content (AvgIpc) is 2.44. The van der Waals surface area contributed by atoms with Gasteiger partial charge in [0, 0.05) is 11.1 Å². The van der Waals surface area contributed by atoms with Crippen LogP contribution in [0.4, 0.5) is 0 Å². The van der Waals surface area contributed by atoms with Crippen LogP contribution >= 0.6 is 0 Å². The number of aliphatic hydroxyl groups is 4. The normalized spacial score (nSPS) is 8.71. The van der Waals surface area contributed by atoms with E-state index in [1.165, 1.54) is 6.92 Å². The van der Waals surface area contributed by atoms with Gasteiger partial charge in [-0.3, -0.25) is 0 Å². The molecule has 0 aliphatic heterocycles. The topological polar surface area (TPSA) is 145 Å². The molecule has 0 aromatic rings. The lowest BCUT2D eigenvalue weighted by Gasteiger charge is -1.99. The fraction of sp³-hybridized carbons (Fsp3) is 0.538. The van der Waals surface area contributed by atoms with E-state index in [0.29, 0.717) is 5.57 Å². The molecule has 0 aromatic heterocycles. The maximum atomic E-state index is 10.5. The van der Waals surface area contributed by atoms with Gasteiger partial charge in [0.15, 0.2) is 0 Å². The highest BCUT2D eigenvalue weighted by molar-refractivity contribution is 5.86. The van der Waals surface area contributed by atoms with Gasteiger partial charge in [0.1, 0.15) is 12.7 Å². The molecule has 0 aromatic carbocycles. The van der Waals surface area contributed by atoms with Crippen LogP contribution in [0.2, 0.25) is 0 Å². The number of hydrogen-bond acceptors (Lipinski definition) is 7. The number of carbonyl (C=O) groups excluding carboxylic acids is 1. The number of rotatable bonds is 6. The van der Waals surface area contributed by atoms with Gasteiger partial charge in [-0.05, 0) is 13.8 Å². The molecule has 124 valence electrons. The van der Waals surface area contributed by atoms with Crippen LogP contribution in [0.3, 0.4) is 0 Å². The molecule has 8 heteroatoms. The first-order valence-electron chi connectivity index (χ1n) is 5.86. The number of carboxylic acid groups (broad SMARTS) is 1. The van der Waals surface area contributed by atoms with Gasteiger partial charge in [0.2, 0.25) is 0 Å². The Morgan fingerprint density at radius 1 is 1.05 bits per heavy atom. The van der Waals surface area contributed by atoms with Crippen LogP contribution in [-0.2, 0) is 14.3 Å². The molecule has 0 aliphatic carbocycles. The summed E-state index contributed by atoms with van der Waals surface area (Å²) in [7, 11) is 0. The lowest BCUT2D eigenvalue weighted by molar-refractivity contribution is -0.140. The van der Waals surface area contributed by atoms with E-state index in [9.17, 15) is 9.59 Å². The summed E-state index contributed by atoms with van der Waals surface area (Å²) in [5, 5.41) is 40.1. The van der Waals surface area contributed by atoms with Gasteiger partial charge in [0.25, 0.3) is 0 Å². The van der Waals surface area contributed by atoms with Crippen molar-refractivity contribution in [3.63, 3.8) is 0 Å². The number of hydrogen-bond donors (Lipinski definition) is 5. The van der Waals surface area contributed by atoms with Crippen LogP contribution in [0.25, 0.3) is 0 Å². The van der Waals surface area contributed by atoms with Crippen molar-refractivity contribution in [3.8, 4) is 0 Å². The van der Waals surface area contributed by atoms with Crippen molar-refractivity contribution in [2.75, 3.05) is 26.4 Å². The minimum absolute atomic E-state index is 0.0473. The van der Waals surface area contributed by atoms with E-state index < -0.39 is 18.0 Å². The summed E-state index contributed by atoms with van der Waals surface area (Å²) in [5.41, 5.74) is 0.526.